The van der Waals surface area contributed by atoms with Crippen LogP contribution in [0, 0.1) is 0 Å². The van der Waals surface area contributed by atoms with E-state index in [1.54, 1.807) is 12.1 Å². The molecular formula is C23H24ClN3OS. The Labute approximate surface area is 181 Å². The molecule has 0 bridgehead atoms. The number of thioether (sulfide) groups is 1. The number of benzene rings is 2. The normalized spacial score (nSPS) is 23.4. The van der Waals surface area contributed by atoms with Crippen molar-refractivity contribution in [2.24, 2.45) is 4.99 Å². The molecule has 0 aromatic heterocycles. The number of amidine groups is 1. The zero-order chi connectivity index (χ0) is 20.8. The minimum Gasteiger partial charge on any atom is -0.369 e. The smallest absolute Gasteiger partial charge is 0.264 e. The molecule has 0 spiro atoms. The molecule has 2 aromatic rings. The summed E-state index contributed by atoms with van der Waals surface area (Å²) >= 11 is 7.36. The summed E-state index contributed by atoms with van der Waals surface area (Å²) in [5, 5.41) is 4.02. The second-order valence-electron chi connectivity index (χ2n) is 8.26. The van der Waals surface area contributed by atoms with Crippen molar-refractivity contribution in [1.29, 1.82) is 0 Å². The van der Waals surface area contributed by atoms with Gasteiger partial charge in [-0.05, 0) is 85.5 Å². The molecule has 2 aromatic carbocycles. The van der Waals surface area contributed by atoms with Crippen LogP contribution < -0.4 is 10.2 Å². The fourth-order valence-corrected chi connectivity index (χ4v) is 5.01. The second-order valence-corrected chi connectivity index (χ2v) is 9.72. The Morgan fingerprint density at radius 2 is 2.07 bits per heavy atom. The number of anilines is 1. The first kappa shape index (κ1) is 20.0. The highest BCUT2D eigenvalue weighted by Gasteiger charge is 2.34. The standard InChI is InChI=1S/C23H24ClN3OS/c1-14-13-23(2,3)27(4)19-9-8-15(10-18(14)19)11-20-21(28)26-22(29-20)25-17-7-5-6-16(24)12-17/h5-12,14H,13H2,1-4H3,(H,25,26,28)/b20-11-/t14-/m1/s1. The Morgan fingerprint density at radius 1 is 1.28 bits per heavy atom. The zero-order valence-corrected chi connectivity index (χ0v) is 18.6. The van der Waals surface area contributed by atoms with Crippen LogP contribution in [0.1, 0.15) is 44.2 Å². The molecule has 0 unspecified atom stereocenters. The van der Waals surface area contributed by atoms with Crippen molar-refractivity contribution < 1.29 is 4.79 Å². The summed E-state index contributed by atoms with van der Waals surface area (Å²) < 4.78 is 0. The number of halogens is 1. The van der Waals surface area contributed by atoms with Crippen LogP contribution in [-0.2, 0) is 4.79 Å². The van der Waals surface area contributed by atoms with Crippen molar-refractivity contribution in [3.63, 3.8) is 0 Å². The van der Waals surface area contributed by atoms with Gasteiger partial charge in [-0.15, -0.1) is 0 Å². The Bertz CT molecular complexity index is 1040. The van der Waals surface area contributed by atoms with Gasteiger partial charge in [0, 0.05) is 23.3 Å². The van der Waals surface area contributed by atoms with E-state index < -0.39 is 0 Å². The van der Waals surface area contributed by atoms with E-state index in [1.807, 2.05) is 18.2 Å². The summed E-state index contributed by atoms with van der Waals surface area (Å²) in [4.78, 5) is 19.9. The molecule has 150 valence electrons. The Balaban J connectivity index is 1.60. The molecule has 1 atom stereocenters. The fourth-order valence-electron chi connectivity index (χ4n) is 3.98. The van der Waals surface area contributed by atoms with Crippen LogP contribution in [0.15, 0.2) is 52.4 Å². The van der Waals surface area contributed by atoms with Crippen molar-refractivity contribution in [3.05, 3.63) is 63.5 Å². The minimum absolute atomic E-state index is 0.125. The lowest BCUT2D eigenvalue weighted by Crippen LogP contribution is -2.45. The molecule has 2 aliphatic heterocycles. The van der Waals surface area contributed by atoms with E-state index in [0.29, 0.717) is 21.0 Å². The third kappa shape index (κ3) is 4.07. The maximum Gasteiger partial charge on any atom is 0.264 e. The van der Waals surface area contributed by atoms with Crippen LogP contribution in [0.5, 0.6) is 0 Å². The van der Waals surface area contributed by atoms with Gasteiger partial charge in [0.2, 0.25) is 0 Å². The maximum atomic E-state index is 12.4. The number of nitrogens with one attached hydrogen (secondary N) is 1. The zero-order valence-electron chi connectivity index (χ0n) is 17.0. The van der Waals surface area contributed by atoms with Crippen molar-refractivity contribution in [2.75, 3.05) is 11.9 Å². The minimum atomic E-state index is -0.125. The first-order valence-corrected chi connectivity index (χ1v) is 10.9. The molecule has 1 saturated heterocycles. The highest BCUT2D eigenvalue weighted by molar-refractivity contribution is 8.18. The molecule has 6 heteroatoms. The van der Waals surface area contributed by atoms with E-state index in [9.17, 15) is 4.79 Å². The van der Waals surface area contributed by atoms with Crippen LogP contribution in [0.3, 0.4) is 0 Å². The number of rotatable bonds is 2. The van der Waals surface area contributed by atoms with E-state index >= 15 is 0 Å². The number of amides is 1. The van der Waals surface area contributed by atoms with Gasteiger partial charge in [0.1, 0.15) is 0 Å². The predicted octanol–water partition coefficient (Wildman–Crippen LogP) is 5.95. The van der Waals surface area contributed by atoms with Crippen LogP contribution in [0.2, 0.25) is 5.02 Å². The fraction of sp³-hybridized carbons (Fsp3) is 0.304. The van der Waals surface area contributed by atoms with Crippen LogP contribution in [0.25, 0.3) is 6.08 Å². The Kier molecular flexibility index (Phi) is 5.21. The molecule has 4 nitrogen and oxygen atoms in total. The Hall–Kier alpha value is -2.24. The molecule has 29 heavy (non-hydrogen) atoms. The molecular weight excluding hydrogens is 402 g/mol. The number of hydrogen-bond donors (Lipinski definition) is 1. The lowest BCUT2D eigenvalue weighted by molar-refractivity contribution is -0.115. The van der Waals surface area contributed by atoms with E-state index in [0.717, 1.165) is 17.7 Å². The summed E-state index contributed by atoms with van der Waals surface area (Å²) in [6.45, 7) is 6.84. The average molecular weight is 426 g/mol. The van der Waals surface area contributed by atoms with Gasteiger partial charge < -0.3 is 10.2 Å². The van der Waals surface area contributed by atoms with Crippen molar-refractivity contribution in [2.45, 2.75) is 38.6 Å². The van der Waals surface area contributed by atoms with Crippen molar-refractivity contribution >= 4 is 51.9 Å². The number of carbonyl (C=O) groups excluding carboxylic acids is 1. The van der Waals surface area contributed by atoms with Gasteiger partial charge in [-0.3, -0.25) is 4.79 Å². The van der Waals surface area contributed by atoms with Crippen molar-refractivity contribution in [1.82, 2.24) is 5.32 Å². The van der Waals surface area contributed by atoms with Crippen LogP contribution >= 0.6 is 23.4 Å². The van der Waals surface area contributed by atoms with Gasteiger partial charge in [0.05, 0.1) is 10.6 Å². The lowest BCUT2D eigenvalue weighted by atomic mass is 9.80. The predicted molar refractivity (Wildman–Crippen MR) is 124 cm³/mol. The Morgan fingerprint density at radius 3 is 2.83 bits per heavy atom. The quantitative estimate of drug-likeness (QED) is 0.604. The molecule has 0 saturated carbocycles. The number of hydrogen-bond acceptors (Lipinski definition) is 4. The molecule has 4 rings (SSSR count). The SMILES string of the molecule is C[C@@H]1CC(C)(C)N(C)c2ccc(/C=C3\SC(=Nc4cccc(Cl)c4)NC3=O)cc21. The summed E-state index contributed by atoms with van der Waals surface area (Å²) in [6, 6.07) is 13.7. The number of carbonyl (C=O) groups is 1. The van der Waals surface area contributed by atoms with Gasteiger partial charge in [-0.2, -0.15) is 0 Å². The highest BCUT2D eigenvalue weighted by atomic mass is 35.5. The molecule has 2 heterocycles. The summed E-state index contributed by atoms with van der Waals surface area (Å²) in [6.07, 6.45) is 3.04. The third-order valence-corrected chi connectivity index (χ3v) is 6.79. The third-order valence-electron chi connectivity index (χ3n) is 5.65. The monoisotopic (exact) mass is 425 g/mol. The highest BCUT2D eigenvalue weighted by Crippen LogP contribution is 2.43. The summed E-state index contributed by atoms with van der Waals surface area (Å²) in [5.41, 5.74) is 4.49. The molecule has 0 radical (unpaired) electrons. The molecule has 1 amide bonds. The van der Waals surface area contributed by atoms with E-state index in [1.165, 1.54) is 23.0 Å². The van der Waals surface area contributed by atoms with E-state index in [2.05, 4.69) is 61.2 Å². The molecule has 2 aliphatic rings. The summed E-state index contributed by atoms with van der Waals surface area (Å²) in [5.74, 6) is 0.347. The first-order chi connectivity index (χ1) is 13.7. The molecule has 1 fully saturated rings. The van der Waals surface area contributed by atoms with Gasteiger partial charge in [0.25, 0.3) is 5.91 Å². The number of nitrogens with zero attached hydrogens (tertiary/aromatic N) is 2. The summed E-state index contributed by atoms with van der Waals surface area (Å²) in [7, 11) is 2.15. The van der Waals surface area contributed by atoms with Gasteiger partial charge >= 0.3 is 0 Å². The van der Waals surface area contributed by atoms with Crippen LogP contribution in [-0.4, -0.2) is 23.7 Å². The number of fused-ring (bicyclic) bond motifs is 1. The molecule has 1 N–H and O–H groups in total. The first-order valence-electron chi connectivity index (χ1n) is 9.66. The van der Waals surface area contributed by atoms with E-state index in [4.69, 9.17) is 11.6 Å². The molecule has 0 aliphatic carbocycles. The van der Waals surface area contributed by atoms with E-state index in [-0.39, 0.29) is 11.4 Å². The topological polar surface area (TPSA) is 44.7 Å². The largest absolute Gasteiger partial charge is 0.369 e. The van der Waals surface area contributed by atoms with Crippen molar-refractivity contribution in [3.8, 4) is 0 Å². The average Bonchev–Trinajstić information content (AvgIpc) is 2.98. The second kappa shape index (κ2) is 7.54. The maximum absolute atomic E-state index is 12.4. The van der Waals surface area contributed by atoms with Gasteiger partial charge in [-0.25, -0.2) is 4.99 Å². The van der Waals surface area contributed by atoms with Crippen LogP contribution in [0.4, 0.5) is 11.4 Å². The lowest BCUT2D eigenvalue weighted by Gasteiger charge is -2.45. The van der Waals surface area contributed by atoms with Gasteiger partial charge in [0.15, 0.2) is 5.17 Å². The number of aliphatic imine (C=N–C) groups is 1. The van der Waals surface area contributed by atoms with Gasteiger partial charge in [-0.1, -0.05) is 30.7 Å².